The van der Waals surface area contributed by atoms with E-state index in [0.717, 1.165) is 16.1 Å². The van der Waals surface area contributed by atoms with E-state index >= 15 is 0 Å². The van der Waals surface area contributed by atoms with Crippen molar-refractivity contribution < 1.29 is 82.0 Å². The number of carbonyl (C=O) groups is 6. The first kappa shape index (κ1) is 77.1. The maximum atomic E-state index is 14.8. The molecule has 1 aromatic carbocycles. The molecule has 4 saturated heterocycles. The van der Waals surface area contributed by atoms with E-state index < -0.39 is 95.8 Å². The largest absolute Gasteiger partial charge is 0.496 e. The molecule has 1 saturated carbocycles. The number of benzene rings is 1. The number of esters is 1. The van der Waals surface area contributed by atoms with Gasteiger partial charge in [-0.05, 0) is 152 Å². The lowest BCUT2D eigenvalue weighted by Gasteiger charge is -2.43. The lowest BCUT2D eigenvalue weighted by atomic mass is 9.78. The van der Waals surface area contributed by atoms with Crippen LogP contribution in [-0.4, -0.2) is 204 Å². The second-order valence-corrected chi connectivity index (χ2v) is 28.8. The number of anilines is 2. The maximum Gasteiger partial charge on any atom is 0.407 e. The van der Waals surface area contributed by atoms with Crippen LogP contribution in [0.4, 0.5) is 16.6 Å². The number of hydrogen-bond acceptors (Lipinski definition) is 22. The molecular weight excluding hydrogens is 1280 g/mol. The Bertz CT molecular complexity index is 3490. The average Bonchev–Trinajstić information content (AvgIpc) is 0.772. The molecule has 3 aromatic rings. The van der Waals surface area contributed by atoms with Gasteiger partial charge in [0.25, 0.3) is 11.7 Å². The number of aliphatic hydroxyl groups is 3. The van der Waals surface area contributed by atoms with Crippen LogP contribution in [0.2, 0.25) is 0 Å². The van der Waals surface area contributed by atoms with Gasteiger partial charge in [-0.3, -0.25) is 19.2 Å². The number of fused-ring (bicyclic) bond motifs is 4. The number of amides is 2. The number of rotatable bonds is 12. The topological polar surface area (TPSA) is 297 Å². The highest BCUT2D eigenvalue weighted by Crippen LogP contribution is 2.39. The normalized spacial score (nSPS) is 33.6. The minimum absolute atomic E-state index is 0.00481. The summed E-state index contributed by atoms with van der Waals surface area (Å²) in [6, 6.07) is 7.48. The van der Waals surface area contributed by atoms with Crippen molar-refractivity contribution in [1.82, 2.24) is 25.2 Å². The molecule has 2 aromatic heterocycles. The van der Waals surface area contributed by atoms with Gasteiger partial charge in [0.1, 0.15) is 48.3 Å². The average molecular weight is 1390 g/mol. The lowest BCUT2D eigenvalue weighted by molar-refractivity contribution is -0.264. The molecule has 0 radical (unpaired) electrons. The zero-order valence-electron chi connectivity index (χ0n) is 60.5. The van der Waals surface area contributed by atoms with Crippen LogP contribution < -0.4 is 19.9 Å². The third-order valence-corrected chi connectivity index (χ3v) is 21.3. The predicted molar refractivity (Wildman–Crippen MR) is 376 cm³/mol. The number of hydrogen-bond donors (Lipinski definition) is 4. The number of nitrogens with one attached hydrogen (secondary N) is 1. The number of morpholine rings is 2. The third kappa shape index (κ3) is 18.8. The van der Waals surface area contributed by atoms with Gasteiger partial charge in [0.05, 0.1) is 81.1 Å². The second-order valence-electron chi connectivity index (χ2n) is 28.8. The van der Waals surface area contributed by atoms with Crippen molar-refractivity contribution in [3.8, 4) is 17.0 Å². The van der Waals surface area contributed by atoms with Crippen LogP contribution in [0.25, 0.3) is 22.3 Å². The highest BCUT2D eigenvalue weighted by Gasteiger charge is 2.53. The molecule has 5 fully saturated rings. The van der Waals surface area contributed by atoms with Crippen LogP contribution in [0.1, 0.15) is 145 Å². The van der Waals surface area contributed by atoms with Crippen LogP contribution in [0.15, 0.2) is 77.9 Å². The van der Waals surface area contributed by atoms with Gasteiger partial charge in [-0.2, -0.15) is 9.97 Å². The Labute approximate surface area is 588 Å². The highest BCUT2D eigenvalue weighted by atomic mass is 16.6. The van der Waals surface area contributed by atoms with Gasteiger partial charge < -0.3 is 73.2 Å². The number of ether oxygens (including phenoxy) is 8. The first-order chi connectivity index (χ1) is 47.8. The van der Waals surface area contributed by atoms with E-state index in [1.165, 1.54) is 14.2 Å². The van der Waals surface area contributed by atoms with E-state index in [1.807, 2.05) is 69.3 Å². The lowest BCUT2D eigenvalue weighted by Crippen LogP contribution is -2.61. The molecular formula is C76H107N7O17. The summed E-state index contributed by atoms with van der Waals surface area (Å²) in [6.07, 6.45) is 8.75. The molecule has 2 unspecified atom stereocenters. The summed E-state index contributed by atoms with van der Waals surface area (Å²) in [7, 11) is 4.45. The first-order valence-electron chi connectivity index (χ1n) is 35.9. The minimum atomic E-state index is -2.63. The number of pyridine rings is 1. The van der Waals surface area contributed by atoms with Crippen LogP contribution in [0, 0.1) is 35.5 Å². The van der Waals surface area contributed by atoms with Gasteiger partial charge in [0, 0.05) is 69.2 Å². The molecule has 24 nitrogen and oxygen atoms in total. The monoisotopic (exact) mass is 1390 g/mol. The number of cyclic esters (lactones) is 1. The second kappa shape index (κ2) is 35.2. The zero-order chi connectivity index (χ0) is 72.1. The summed E-state index contributed by atoms with van der Waals surface area (Å²) < 4.78 is 47.4. The quantitative estimate of drug-likeness (QED) is 0.0747. The van der Waals surface area contributed by atoms with Gasteiger partial charge in [-0.1, -0.05) is 76.6 Å². The number of Topliss-reactive ketones (excluding diaryl/α,β-unsaturated/α-hetero) is 3. The number of allylic oxidation sites excluding steroid dienone is 6. The van der Waals surface area contributed by atoms with Crippen LogP contribution in [0.5, 0.6) is 5.75 Å². The van der Waals surface area contributed by atoms with Gasteiger partial charge in [-0.25, -0.2) is 14.6 Å². The Morgan fingerprint density at radius 1 is 0.790 bits per heavy atom. The molecule has 0 spiro atoms. The standard InChI is InChI=1S/C76H107N7O17/c1-44-18-14-13-15-19-45(2)59(78-75(91)98-43-55-38-54(23-28-63(55)93-10)58-26-25-57-70(77-58)79-74(82-31-33-97-42-52(82)9)80-71(57)81-30-32-96-41-51(81)8)39-56-24-21-50(7)76(92,100-56)69(88)72(89)83-29-17-16-20-60(83)73(90)99-64(47(4)36-53-22-27-61(84)65(37-53)94-11)40-62(85)46(3)35-49(6)67(87)68(95-12)66(86)48(5)34-44/h13-15,18-19,23,25-26,28,35,38,44,46-48,50-53,56,59-61,64-65,67-68,84,87,92H,16-17,20-22,24,27,29-34,36-37,39-43H2,1-12H3,(H,78,91)/b15-13+,18-14+,45-19+,49-35+/t44-,46-,47-,48-,50-,51+,52+,53?,56+,59?,60+,61-,64+,65-,67-,68+,76-/m1/s1. The predicted octanol–water partition coefficient (Wildman–Crippen LogP) is 8.92. The van der Waals surface area contributed by atoms with Crippen LogP contribution in [-0.2, 0) is 63.7 Å². The summed E-state index contributed by atoms with van der Waals surface area (Å²) in [6.45, 7) is 19.9. The van der Waals surface area contributed by atoms with Crippen molar-refractivity contribution in [1.29, 1.82) is 0 Å². The molecule has 7 heterocycles. The Balaban J connectivity index is 0.981. The molecule has 1 aliphatic carbocycles. The molecule has 4 N–H and O–H groups in total. The number of alkyl carbamates (subject to hydrolysis) is 1. The summed E-state index contributed by atoms with van der Waals surface area (Å²) in [5.41, 5.74) is 3.39. The molecule has 5 aliphatic heterocycles. The van der Waals surface area contributed by atoms with Gasteiger partial charge in [0.15, 0.2) is 11.4 Å². The van der Waals surface area contributed by atoms with Crippen molar-refractivity contribution in [2.45, 2.75) is 213 Å². The molecule has 24 heteroatoms. The fourth-order valence-corrected chi connectivity index (χ4v) is 15.0. The number of methoxy groups -OCH3 is 3. The molecule has 100 heavy (non-hydrogen) atoms. The summed E-state index contributed by atoms with van der Waals surface area (Å²) in [5, 5.41) is 38.6. The third-order valence-electron chi connectivity index (χ3n) is 21.3. The zero-order valence-corrected chi connectivity index (χ0v) is 60.5. The van der Waals surface area contributed by atoms with E-state index in [2.05, 4.69) is 29.0 Å². The number of ketones is 3. The summed E-state index contributed by atoms with van der Waals surface area (Å²) in [4.78, 5) is 108. The van der Waals surface area contributed by atoms with E-state index in [4.69, 9.17) is 52.8 Å². The van der Waals surface area contributed by atoms with Crippen molar-refractivity contribution in [3.63, 3.8) is 0 Å². The molecule has 6 aliphatic rings. The van der Waals surface area contributed by atoms with Crippen molar-refractivity contribution in [3.05, 3.63) is 83.5 Å². The molecule has 9 rings (SSSR count). The van der Waals surface area contributed by atoms with Gasteiger partial charge in [-0.15, -0.1) is 0 Å². The summed E-state index contributed by atoms with van der Waals surface area (Å²) >= 11 is 0. The van der Waals surface area contributed by atoms with Crippen molar-refractivity contribution in [2.75, 3.05) is 77.2 Å². The molecule has 2 amide bonds. The smallest absolute Gasteiger partial charge is 0.407 e. The van der Waals surface area contributed by atoms with Crippen molar-refractivity contribution >= 4 is 58.1 Å². The maximum absolute atomic E-state index is 14.8. The van der Waals surface area contributed by atoms with Crippen molar-refractivity contribution in [2.24, 2.45) is 35.5 Å². The fourth-order valence-electron chi connectivity index (χ4n) is 15.0. The fraction of sp³-hybridized carbons (Fsp3) is 0.645. The molecule has 17 atom stereocenters. The number of carbonyl (C=O) groups excluding carboxylic acids is 6. The van der Waals surface area contributed by atoms with E-state index in [0.29, 0.717) is 136 Å². The van der Waals surface area contributed by atoms with E-state index in [1.54, 1.807) is 53.0 Å². The van der Waals surface area contributed by atoms with E-state index in [-0.39, 0.29) is 80.4 Å². The number of aromatic nitrogens is 3. The Morgan fingerprint density at radius 2 is 1.53 bits per heavy atom. The first-order valence-corrected chi connectivity index (χ1v) is 35.9. The van der Waals surface area contributed by atoms with Gasteiger partial charge in [0.2, 0.25) is 11.7 Å². The van der Waals surface area contributed by atoms with E-state index in [9.17, 15) is 44.1 Å². The van der Waals surface area contributed by atoms with Gasteiger partial charge >= 0.3 is 12.1 Å². The number of piperidine rings is 1. The SMILES string of the molecule is COc1ccc(-c2ccc3c(N4CCOC[C@@H]4C)nc(N4CCOC[C@@H]4C)nc3n2)cc1COC(=O)NC1C[C@@H]2CC[C@@H](C)[C@@](O)(O2)C(=O)C(=O)N2CCCC[C@H]2C(=O)O[C@H]([C@H](C)CC2CC[C@@H](O)[C@H](OC)C2)CC(=O)[C@H](C)/C=C(\C)[C@@H](O)[C@@H](OC)C(=O)[C@H](C)C[C@H](C)/C=C/C=C/C=C/1C. The highest BCUT2D eigenvalue weighted by molar-refractivity contribution is 6.39. The van der Waals surface area contributed by atoms with Crippen LogP contribution in [0.3, 0.4) is 0 Å². The Hall–Kier alpha value is -7.03. The Kier molecular flexibility index (Phi) is 27.2. The molecule has 548 valence electrons. The minimum Gasteiger partial charge on any atom is -0.496 e. The molecule has 2 bridgehead atoms. The Morgan fingerprint density at radius 3 is 2.24 bits per heavy atom. The number of aliphatic hydroxyl groups excluding tert-OH is 2. The summed E-state index contributed by atoms with van der Waals surface area (Å²) in [5.74, 6) is -7.22. The van der Waals surface area contributed by atoms with Crippen LogP contribution >= 0.6 is 0 Å². The number of nitrogens with zero attached hydrogens (tertiary/aromatic N) is 6.